The zero-order valence-corrected chi connectivity index (χ0v) is 9.80. The Morgan fingerprint density at radius 2 is 1.83 bits per heavy atom. The summed E-state index contributed by atoms with van der Waals surface area (Å²) in [5.41, 5.74) is 0.410. The number of benzene rings is 1. The molecule has 0 spiro atoms. The molecule has 1 saturated heterocycles. The second-order valence-corrected chi connectivity index (χ2v) is 4.38. The van der Waals surface area contributed by atoms with Gasteiger partial charge in [-0.2, -0.15) is 0 Å². The van der Waals surface area contributed by atoms with E-state index in [9.17, 15) is 14.0 Å². The average Bonchev–Trinajstić information content (AvgIpc) is 2.32. The van der Waals surface area contributed by atoms with Crippen molar-refractivity contribution in [3.8, 4) is 0 Å². The molecule has 1 N–H and O–H groups in total. The van der Waals surface area contributed by atoms with E-state index in [-0.39, 0.29) is 24.5 Å². The molecule has 0 radical (unpaired) electrons. The summed E-state index contributed by atoms with van der Waals surface area (Å²) in [6, 6.07) is 5.27. The van der Waals surface area contributed by atoms with Crippen molar-refractivity contribution in [2.75, 3.05) is 13.1 Å². The first-order chi connectivity index (χ1) is 8.56. The van der Waals surface area contributed by atoms with Crippen LogP contribution < -0.4 is 0 Å². The molecule has 1 aromatic rings. The van der Waals surface area contributed by atoms with Gasteiger partial charge in [-0.1, -0.05) is 0 Å². The molecule has 0 aromatic heterocycles. The van der Waals surface area contributed by atoms with E-state index in [0.29, 0.717) is 18.7 Å². The van der Waals surface area contributed by atoms with Gasteiger partial charge in [0.05, 0.1) is 6.10 Å². The molecule has 5 heteroatoms. The number of likely N-dealkylation sites (tertiary alicyclic amines) is 1. The lowest BCUT2D eigenvalue weighted by atomic mass is 10.0. The van der Waals surface area contributed by atoms with Crippen LogP contribution in [0.5, 0.6) is 0 Å². The number of carbonyl (C=O) groups is 2. The Morgan fingerprint density at radius 3 is 2.39 bits per heavy atom. The van der Waals surface area contributed by atoms with Crippen LogP contribution in [0.15, 0.2) is 24.3 Å². The summed E-state index contributed by atoms with van der Waals surface area (Å²) in [6.45, 7) is 0.702. The Kier molecular flexibility index (Phi) is 3.72. The third-order valence-corrected chi connectivity index (χ3v) is 2.95. The smallest absolute Gasteiger partial charge is 0.223 e. The van der Waals surface area contributed by atoms with E-state index in [1.807, 2.05) is 0 Å². The van der Waals surface area contributed by atoms with Gasteiger partial charge in [-0.15, -0.1) is 0 Å². The molecule has 0 unspecified atom stereocenters. The molecule has 0 atom stereocenters. The molecule has 1 fully saturated rings. The minimum atomic E-state index is -0.429. The van der Waals surface area contributed by atoms with E-state index in [2.05, 4.69) is 0 Å². The summed E-state index contributed by atoms with van der Waals surface area (Å²) < 4.78 is 12.7. The van der Waals surface area contributed by atoms with Gasteiger partial charge in [-0.05, 0) is 24.3 Å². The summed E-state index contributed by atoms with van der Waals surface area (Å²) in [5.74, 6) is -0.697. The van der Waals surface area contributed by atoms with Crippen molar-refractivity contribution in [1.29, 1.82) is 0 Å². The molecule has 4 nitrogen and oxygen atoms in total. The van der Waals surface area contributed by atoms with Crippen LogP contribution in [0.4, 0.5) is 4.39 Å². The van der Waals surface area contributed by atoms with Crippen LogP contribution in [0.1, 0.15) is 23.2 Å². The Hall–Kier alpha value is -1.75. The van der Waals surface area contributed by atoms with E-state index in [1.54, 1.807) is 0 Å². The van der Waals surface area contributed by atoms with Gasteiger partial charge in [-0.25, -0.2) is 4.39 Å². The Bertz CT molecular complexity index is 452. The molecule has 1 amide bonds. The van der Waals surface area contributed by atoms with Gasteiger partial charge in [0.1, 0.15) is 5.82 Å². The molecule has 0 aliphatic carbocycles. The molecular weight excluding hydrogens is 237 g/mol. The van der Waals surface area contributed by atoms with Crippen LogP contribution in [0.3, 0.4) is 0 Å². The third kappa shape index (κ3) is 2.92. The maximum absolute atomic E-state index is 12.7. The highest BCUT2D eigenvalue weighted by Crippen LogP contribution is 2.12. The van der Waals surface area contributed by atoms with Crippen molar-refractivity contribution in [2.45, 2.75) is 18.9 Å². The molecule has 1 heterocycles. The third-order valence-electron chi connectivity index (χ3n) is 2.95. The number of aliphatic hydroxyl groups excluding tert-OH is 1. The predicted molar refractivity (Wildman–Crippen MR) is 62.6 cm³/mol. The number of rotatable bonds is 4. The number of nitrogens with zero attached hydrogens (tertiary/aromatic N) is 1. The maximum atomic E-state index is 12.7. The van der Waals surface area contributed by atoms with Crippen molar-refractivity contribution in [3.63, 3.8) is 0 Å². The highest BCUT2D eigenvalue weighted by molar-refractivity contribution is 5.97. The molecule has 96 valence electrons. The maximum Gasteiger partial charge on any atom is 0.223 e. The van der Waals surface area contributed by atoms with Crippen LogP contribution in [-0.4, -0.2) is 40.9 Å². The van der Waals surface area contributed by atoms with Crippen LogP contribution in [0.25, 0.3) is 0 Å². The second-order valence-electron chi connectivity index (χ2n) is 4.38. The number of hydrogen-bond donors (Lipinski definition) is 1. The fourth-order valence-electron chi connectivity index (χ4n) is 1.82. The van der Waals surface area contributed by atoms with Crippen LogP contribution >= 0.6 is 0 Å². The number of amides is 1. The monoisotopic (exact) mass is 251 g/mol. The molecule has 0 bridgehead atoms. The van der Waals surface area contributed by atoms with E-state index < -0.39 is 11.9 Å². The number of aliphatic hydroxyl groups is 1. The fraction of sp³-hybridized carbons (Fsp3) is 0.385. The minimum Gasteiger partial charge on any atom is -0.389 e. The molecular formula is C13H14FNO3. The first-order valence-corrected chi connectivity index (χ1v) is 5.81. The fourth-order valence-corrected chi connectivity index (χ4v) is 1.82. The first-order valence-electron chi connectivity index (χ1n) is 5.81. The van der Waals surface area contributed by atoms with Crippen molar-refractivity contribution in [2.24, 2.45) is 0 Å². The summed E-state index contributed by atoms with van der Waals surface area (Å²) in [4.78, 5) is 24.8. The molecule has 1 aliphatic rings. The number of β-amino-alcohol motifs (C(OH)–C–C–N with tert-alkyl or cyclic N) is 1. The van der Waals surface area contributed by atoms with Gasteiger partial charge < -0.3 is 10.0 Å². The SMILES string of the molecule is O=C(CCC(=O)N1CC(O)C1)c1ccc(F)cc1. The van der Waals surface area contributed by atoms with Crippen molar-refractivity contribution < 1.29 is 19.1 Å². The van der Waals surface area contributed by atoms with Crippen LogP contribution in [-0.2, 0) is 4.79 Å². The van der Waals surface area contributed by atoms with E-state index in [4.69, 9.17) is 5.11 Å². The largest absolute Gasteiger partial charge is 0.389 e. The lowest BCUT2D eigenvalue weighted by Crippen LogP contribution is -2.53. The molecule has 0 saturated carbocycles. The summed E-state index contributed by atoms with van der Waals surface area (Å²) in [7, 11) is 0. The number of Topliss-reactive ketones (excluding diaryl/α,β-unsaturated/α-hetero) is 1. The van der Waals surface area contributed by atoms with Gasteiger partial charge in [0, 0.05) is 31.5 Å². The number of halogens is 1. The standard InChI is InChI=1S/C13H14FNO3/c14-10-3-1-9(2-4-10)12(17)5-6-13(18)15-7-11(16)8-15/h1-4,11,16H,5-8H2. The topological polar surface area (TPSA) is 57.6 Å². The summed E-state index contributed by atoms with van der Waals surface area (Å²) >= 11 is 0. The number of ketones is 1. The lowest BCUT2D eigenvalue weighted by Gasteiger charge is -2.35. The number of carbonyl (C=O) groups excluding carboxylic acids is 2. The van der Waals surface area contributed by atoms with Crippen molar-refractivity contribution >= 4 is 11.7 Å². The molecule has 1 aliphatic heterocycles. The van der Waals surface area contributed by atoms with Gasteiger partial charge in [0.25, 0.3) is 0 Å². The first kappa shape index (κ1) is 12.7. The van der Waals surface area contributed by atoms with Crippen LogP contribution in [0, 0.1) is 5.82 Å². The Balaban J connectivity index is 1.81. The molecule has 1 aromatic carbocycles. The summed E-state index contributed by atoms with van der Waals surface area (Å²) in [5, 5.41) is 9.05. The lowest BCUT2D eigenvalue weighted by molar-refractivity contribution is -0.141. The van der Waals surface area contributed by atoms with Gasteiger partial charge in [0.15, 0.2) is 5.78 Å². The summed E-state index contributed by atoms with van der Waals surface area (Å²) in [6.07, 6.45) is -0.193. The highest BCUT2D eigenvalue weighted by atomic mass is 19.1. The second kappa shape index (κ2) is 5.27. The normalized spacial score (nSPS) is 15.3. The van der Waals surface area contributed by atoms with Crippen molar-refractivity contribution in [1.82, 2.24) is 4.90 Å². The zero-order valence-electron chi connectivity index (χ0n) is 9.80. The average molecular weight is 251 g/mol. The van der Waals surface area contributed by atoms with Gasteiger partial charge >= 0.3 is 0 Å². The van der Waals surface area contributed by atoms with Gasteiger partial charge in [0.2, 0.25) is 5.91 Å². The quantitative estimate of drug-likeness (QED) is 0.812. The zero-order chi connectivity index (χ0) is 13.1. The molecule has 2 rings (SSSR count). The van der Waals surface area contributed by atoms with E-state index in [1.165, 1.54) is 29.2 Å². The van der Waals surface area contributed by atoms with E-state index in [0.717, 1.165) is 0 Å². The Morgan fingerprint density at radius 1 is 1.22 bits per heavy atom. The highest BCUT2D eigenvalue weighted by Gasteiger charge is 2.28. The number of hydrogen-bond acceptors (Lipinski definition) is 3. The van der Waals surface area contributed by atoms with E-state index >= 15 is 0 Å². The predicted octanol–water partition coefficient (Wildman–Crippen LogP) is 0.992. The van der Waals surface area contributed by atoms with Gasteiger partial charge in [-0.3, -0.25) is 9.59 Å². The minimum absolute atomic E-state index is 0.108. The molecule has 18 heavy (non-hydrogen) atoms. The van der Waals surface area contributed by atoms with Crippen molar-refractivity contribution in [3.05, 3.63) is 35.6 Å². The van der Waals surface area contributed by atoms with Crippen LogP contribution in [0.2, 0.25) is 0 Å². The Labute approximate surface area is 104 Å².